The zero-order valence-corrected chi connectivity index (χ0v) is 20.4. The molecular formula is C25H32N6O4. The lowest BCUT2D eigenvalue weighted by molar-refractivity contribution is -0.115. The van der Waals surface area contributed by atoms with Gasteiger partial charge < -0.3 is 19.9 Å². The molecule has 0 aliphatic carbocycles. The van der Waals surface area contributed by atoms with Gasteiger partial charge in [0.1, 0.15) is 17.3 Å². The fraction of sp³-hybridized carbons (Fsp3) is 0.360. The number of hydrogen-bond donors (Lipinski definition) is 2. The first-order valence-electron chi connectivity index (χ1n) is 11.6. The predicted molar refractivity (Wildman–Crippen MR) is 135 cm³/mol. The van der Waals surface area contributed by atoms with Crippen LogP contribution in [0.25, 0.3) is 10.9 Å². The van der Waals surface area contributed by atoms with Crippen molar-refractivity contribution in [3.63, 3.8) is 0 Å². The second kappa shape index (κ2) is 12.4. The molecule has 0 spiro atoms. The number of carbonyl (C=O) groups excluding carboxylic acids is 3. The average Bonchev–Trinajstić information content (AvgIpc) is 3.29. The van der Waals surface area contributed by atoms with Crippen LogP contribution in [0.4, 0.5) is 15.4 Å². The molecule has 0 unspecified atom stereocenters. The maximum Gasteiger partial charge on any atom is 0.326 e. The molecule has 35 heavy (non-hydrogen) atoms. The molecule has 0 atom stereocenters. The molecular weight excluding hydrogens is 448 g/mol. The van der Waals surface area contributed by atoms with Crippen LogP contribution < -0.4 is 15.4 Å². The lowest BCUT2D eigenvalue weighted by Crippen LogP contribution is -2.38. The van der Waals surface area contributed by atoms with Crippen LogP contribution in [-0.4, -0.2) is 71.6 Å². The molecule has 1 saturated heterocycles. The van der Waals surface area contributed by atoms with Gasteiger partial charge in [-0.05, 0) is 56.5 Å². The van der Waals surface area contributed by atoms with Crippen molar-refractivity contribution < 1.29 is 19.1 Å². The number of carbonyl (C=O) groups is 3. The standard InChI is InChI=1S/C22H25N5O3.C3H7NO/c1-2-23-21(28)27-13-9-16-14-17(6-7-19(16)27)30-18-8-10-24-20(15-18)25-22(29)26-11-4-3-5-12-26;1-4(2)3-5/h6-10,13-15H,2-5,11-12H2,1H3,(H,23,28)(H,24,25,29);3H,1-2H3. The topological polar surface area (TPSA) is 109 Å². The Bertz CT molecular complexity index is 1150. The molecule has 3 heterocycles. The van der Waals surface area contributed by atoms with E-state index in [2.05, 4.69) is 15.6 Å². The van der Waals surface area contributed by atoms with Gasteiger partial charge in [-0.3, -0.25) is 14.7 Å². The van der Waals surface area contributed by atoms with Crippen LogP contribution in [0.2, 0.25) is 0 Å². The Hall–Kier alpha value is -4.08. The van der Waals surface area contributed by atoms with E-state index in [0.29, 0.717) is 23.9 Å². The number of amides is 4. The van der Waals surface area contributed by atoms with Crippen LogP contribution in [0.3, 0.4) is 0 Å². The molecule has 0 saturated carbocycles. The van der Waals surface area contributed by atoms with Crippen LogP contribution in [0, 0.1) is 0 Å². The molecule has 186 valence electrons. The highest BCUT2D eigenvalue weighted by atomic mass is 16.5. The third-order valence-corrected chi connectivity index (χ3v) is 5.26. The van der Waals surface area contributed by atoms with E-state index in [9.17, 15) is 14.4 Å². The van der Waals surface area contributed by atoms with Crippen molar-refractivity contribution in [1.82, 2.24) is 24.7 Å². The molecule has 4 amide bonds. The van der Waals surface area contributed by atoms with Gasteiger partial charge in [-0.1, -0.05) is 0 Å². The minimum atomic E-state index is -0.163. The highest BCUT2D eigenvalue weighted by molar-refractivity contribution is 5.92. The monoisotopic (exact) mass is 480 g/mol. The van der Waals surface area contributed by atoms with Gasteiger partial charge in [-0.2, -0.15) is 0 Å². The van der Waals surface area contributed by atoms with Crippen LogP contribution in [0.1, 0.15) is 26.2 Å². The van der Waals surface area contributed by atoms with Gasteiger partial charge in [-0.15, -0.1) is 0 Å². The molecule has 1 aliphatic rings. The number of fused-ring (bicyclic) bond motifs is 1. The Morgan fingerprint density at radius 2 is 1.77 bits per heavy atom. The number of piperidine rings is 1. The van der Waals surface area contributed by atoms with Gasteiger partial charge >= 0.3 is 12.1 Å². The predicted octanol–water partition coefficient (Wildman–Crippen LogP) is 4.13. The normalized spacial score (nSPS) is 12.8. The number of benzene rings is 1. The summed E-state index contributed by atoms with van der Waals surface area (Å²) in [6.07, 6.45) is 7.33. The lowest BCUT2D eigenvalue weighted by atomic mass is 10.1. The highest BCUT2D eigenvalue weighted by Crippen LogP contribution is 2.27. The molecule has 1 fully saturated rings. The molecule has 1 aliphatic heterocycles. The van der Waals surface area contributed by atoms with Gasteiger partial charge in [0.15, 0.2) is 0 Å². The van der Waals surface area contributed by atoms with E-state index in [0.717, 1.165) is 43.2 Å². The number of urea groups is 1. The van der Waals surface area contributed by atoms with Crippen molar-refractivity contribution in [3.05, 3.63) is 48.8 Å². The van der Waals surface area contributed by atoms with Gasteiger partial charge in [0.2, 0.25) is 6.41 Å². The summed E-state index contributed by atoms with van der Waals surface area (Å²) in [5, 5.41) is 6.53. The summed E-state index contributed by atoms with van der Waals surface area (Å²) in [5.41, 5.74) is 0.803. The van der Waals surface area contributed by atoms with Crippen molar-refractivity contribution in [3.8, 4) is 11.5 Å². The van der Waals surface area contributed by atoms with E-state index in [1.807, 2.05) is 36.1 Å². The number of anilines is 1. The molecule has 0 bridgehead atoms. The fourth-order valence-corrected chi connectivity index (χ4v) is 3.56. The van der Waals surface area contributed by atoms with E-state index in [1.54, 1.807) is 43.2 Å². The molecule has 10 nitrogen and oxygen atoms in total. The van der Waals surface area contributed by atoms with E-state index >= 15 is 0 Å². The Balaban J connectivity index is 0.000000623. The largest absolute Gasteiger partial charge is 0.457 e. The van der Waals surface area contributed by atoms with Gasteiger partial charge in [-0.25, -0.2) is 14.6 Å². The summed E-state index contributed by atoms with van der Waals surface area (Å²) in [5.74, 6) is 1.66. The zero-order chi connectivity index (χ0) is 25.2. The second-order valence-corrected chi connectivity index (χ2v) is 8.27. The Kier molecular flexibility index (Phi) is 9.05. The van der Waals surface area contributed by atoms with Crippen molar-refractivity contribution in [1.29, 1.82) is 0 Å². The Morgan fingerprint density at radius 1 is 1.06 bits per heavy atom. The summed E-state index contributed by atoms with van der Waals surface area (Å²) >= 11 is 0. The van der Waals surface area contributed by atoms with E-state index in [4.69, 9.17) is 4.74 Å². The summed E-state index contributed by atoms with van der Waals surface area (Å²) in [6.45, 7) is 4.00. The number of aromatic nitrogens is 2. The molecule has 2 N–H and O–H groups in total. The summed E-state index contributed by atoms with van der Waals surface area (Å²) < 4.78 is 7.53. The first kappa shape index (κ1) is 25.5. The maximum atomic E-state index is 12.4. The van der Waals surface area contributed by atoms with Crippen molar-refractivity contribution >= 4 is 35.2 Å². The van der Waals surface area contributed by atoms with Gasteiger partial charge in [0, 0.05) is 57.6 Å². The third kappa shape index (κ3) is 7.20. The lowest BCUT2D eigenvalue weighted by Gasteiger charge is -2.26. The van der Waals surface area contributed by atoms with Crippen LogP contribution in [0.5, 0.6) is 11.5 Å². The van der Waals surface area contributed by atoms with E-state index in [-0.39, 0.29) is 12.1 Å². The Labute approximate surface area is 204 Å². The highest BCUT2D eigenvalue weighted by Gasteiger charge is 2.17. The SMILES string of the molecule is CCNC(=O)n1ccc2cc(Oc3ccnc(NC(=O)N4CCCCC4)c3)ccc21.CN(C)C=O. The molecule has 4 rings (SSSR count). The second-order valence-electron chi connectivity index (χ2n) is 8.27. The molecule has 0 radical (unpaired) electrons. The summed E-state index contributed by atoms with van der Waals surface area (Å²) in [7, 11) is 3.38. The zero-order valence-electron chi connectivity index (χ0n) is 20.4. The number of hydrogen-bond acceptors (Lipinski definition) is 5. The van der Waals surface area contributed by atoms with Crippen molar-refractivity contribution in [2.24, 2.45) is 0 Å². The number of ether oxygens (including phenoxy) is 1. The fourth-order valence-electron chi connectivity index (χ4n) is 3.56. The summed E-state index contributed by atoms with van der Waals surface area (Å²) in [6, 6.07) is 10.5. The smallest absolute Gasteiger partial charge is 0.326 e. The molecule has 2 aromatic heterocycles. The molecule has 1 aromatic carbocycles. The van der Waals surface area contributed by atoms with Crippen molar-refractivity contribution in [2.45, 2.75) is 26.2 Å². The quantitative estimate of drug-likeness (QED) is 0.534. The van der Waals surface area contributed by atoms with Gasteiger partial charge in [0.05, 0.1) is 5.52 Å². The van der Waals surface area contributed by atoms with Crippen LogP contribution >= 0.6 is 0 Å². The Morgan fingerprint density at radius 3 is 2.46 bits per heavy atom. The average molecular weight is 481 g/mol. The van der Waals surface area contributed by atoms with Crippen LogP contribution in [0.15, 0.2) is 48.8 Å². The number of pyridine rings is 1. The van der Waals surface area contributed by atoms with Crippen molar-refractivity contribution in [2.75, 3.05) is 39.0 Å². The third-order valence-electron chi connectivity index (χ3n) is 5.26. The minimum absolute atomic E-state index is 0.132. The summed E-state index contributed by atoms with van der Waals surface area (Å²) in [4.78, 5) is 41.4. The van der Waals surface area contributed by atoms with Crippen LogP contribution in [-0.2, 0) is 4.79 Å². The number of nitrogens with one attached hydrogen (secondary N) is 2. The molecule has 10 heteroatoms. The number of rotatable bonds is 5. The molecule has 3 aromatic rings. The number of likely N-dealkylation sites (tertiary alicyclic amines) is 1. The first-order chi connectivity index (χ1) is 16.9. The number of nitrogens with zero attached hydrogens (tertiary/aromatic N) is 4. The minimum Gasteiger partial charge on any atom is -0.457 e. The first-order valence-corrected chi connectivity index (χ1v) is 11.6. The van der Waals surface area contributed by atoms with Gasteiger partial charge in [0.25, 0.3) is 0 Å². The van der Waals surface area contributed by atoms with E-state index in [1.165, 1.54) is 11.3 Å². The maximum absolute atomic E-state index is 12.4. The van der Waals surface area contributed by atoms with E-state index < -0.39 is 0 Å².